The van der Waals surface area contributed by atoms with Crippen LogP contribution in [0.5, 0.6) is 0 Å². The Morgan fingerprint density at radius 2 is 2.11 bits per heavy atom. The third-order valence-electron chi connectivity index (χ3n) is 3.82. The molecule has 1 N–H and O–H groups in total. The summed E-state index contributed by atoms with van der Waals surface area (Å²) in [4.78, 5) is 8.43. The lowest BCUT2D eigenvalue weighted by Gasteiger charge is -2.17. The van der Waals surface area contributed by atoms with Gasteiger partial charge in [-0.3, -0.25) is 9.97 Å². The molecule has 98 valence electrons. The summed E-state index contributed by atoms with van der Waals surface area (Å²) in [5, 5.41) is 3.47. The first-order chi connectivity index (χ1) is 9.15. The van der Waals surface area contributed by atoms with Gasteiger partial charge in [0.05, 0.1) is 5.69 Å². The van der Waals surface area contributed by atoms with Gasteiger partial charge >= 0.3 is 0 Å². The van der Waals surface area contributed by atoms with E-state index in [-0.39, 0.29) is 5.41 Å². The fraction of sp³-hybridized carbons (Fsp3) is 0.375. The van der Waals surface area contributed by atoms with E-state index in [9.17, 15) is 0 Å². The summed E-state index contributed by atoms with van der Waals surface area (Å²) in [7, 11) is 0. The van der Waals surface area contributed by atoms with Gasteiger partial charge in [-0.25, -0.2) is 0 Å². The van der Waals surface area contributed by atoms with E-state index >= 15 is 0 Å². The summed E-state index contributed by atoms with van der Waals surface area (Å²) in [5.74, 6) is 0. The van der Waals surface area contributed by atoms with Crippen LogP contribution in [0.4, 0.5) is 5.69 Å². The van der Waals surface area contributed by atoms with Crippen molar-refractivity contribution < 1.29 is 0 Å². The molecule has 0 fully saturated rings. The minimum absolute atomic E-state index is 0.234. The van der Waals surface area contributed by atoms with Crippen LogP contribution in [-0.4, -0.2) is 16.5 Å². The molecule has 3 nitrogen and oxygen atoms in total. The first kappa shape index (κ1) is 12.2. The van der Waals surface area contributed by atoms with Crippen LogP contribution in [0.3, 0.4) is 0 Å². The van der Waals surface area contributed by atoms with Crippen molar-refractivity contribution in [3.05, 3.63) is 53.6 Å². The number of rotatable bonds is 3. The lowest BCUT2D eigenvalue weighted by molar-refractivity contribution is 0.585. The monoisotopic (exact) mass is 253 g/mol. The maximum atomic E-state index is 4.32. The second kappa shape index (κ2) is 4.65. The number of benzene rings is 1. The van der Waals surface area contributed by atoms with Crippen LogP contribution in [0.25, 0.3) is 0 Å². The van der Waals surface area contributed by atoms with Crippen molar-refractivity contribution in [2.45, 2.75) is 32.1 Å². The van der Waals surface area contributed by atoms with Gasteiger partial charge in [-0.2, -0.15) is 0 Å². The zero-order valence-electron chi connectivity index (χ0n) is 11.5. The zero-order chi connectivity index (χ0) is 13.3. The van der Waals surface area contributed by atoms with Crippen LogP contribution in [0.15, 0.2) is 36.8 Å². The van der Waals surface area contributed by atoms with Crippen molar-refractivity contribution >= 4 is 5.69 Å². The highest BCUT2D eigenvalue weighted by molar-refractivity contribution is 5.60. The van der Waals surface area contributed by atoms with Crippen molar-refractivity contribution in [2.24, 2.45) is 0 Å². The average molecular weight is 253 g/mol. The van der Waals surface area contributed by atoms with Crippen LogP contribution in [0.1, 0.15) is 30.7 Å². The van der Waals surface area contributed by atoms with Gasteiger partial charge < -0.3 is 5.32 Å². The average Bonchev–Trinajstić information content (AvgIpc) is 2.73. The smallest absolute Gasteiger partial charge is 0.0589 e. The Kier molecular flexibility index (Phi) is 2.97. The van der Waals surface area contributed by atoms with Gasteiger partial charge in [0, 0.05) is 36.2 Å². The van der Waals surface area contributed by atoms with E-state index in [1.54, 1.807) is 12.4 Å². The fourth-order valence-corrected chi connectivity index (χ4v) is 2.60. The molecule has 3 rings (SSSR count). The number of anilines is 1. The van der Waals surface area contributed by atoms with Crippen LogP contribution in [-0.2, 0) is 18.3 Å². The van der Waals surface area contributed by atoms with Crippen LogP contribution in [0, 0.1) is 0 Å². The Bertz CT molecular complexity index is 576. The minimum Gasteiger partial charge on any atom is -0.384 e. The van der Waals surface area contributed by atoms with E-state index in [0.29, 0.717) is 0 Å². The molecule has 1 aromatic carbocycles. The van der Waals surface area contributed by atoms with Crippen LogP contribution < -0.4 is 5.32 Å². The minimum atomic E-state index is 0.234. The first-order valence-corrected chi connectivity index (χ1v) is 6.77. The number of nitrogens with one attached hydrogen (secondary N) is 1. The van der Waals surface area contributed by atoms with Gasteiger partial charge in [0.1, 0.15) is 0 Å². The molecule has 0 aliphatic carbocycles. The lowest BCUT2D eigenvalue weighted by atomic mass is 9.85. The molecule has 0 unspecified atom stereocenters. The van der Waals surface area contributed by atoms with E-state index in [4.69, 9.17) is 0 Å². The molecule has 0 spiro atoms. The molecule has 1 aliphatic rings. The molecule has 19 heavy (non-hydrogen) atoms. The van der Waals surface area contributed by atoms with Gasteiger partial charge in [0.15, 0.2) is 0 Å². The summed E-state index contributed by atoms with van der Waals surface area (Å²) in [6.07, 6.45) is 7.28. The summed E-state index contributed by atoms with van der Waals surface area (Å²) in [6.45, 7) is 5.60. The van der Waals surface area contributed by atoms with Crippen molar-refractivity contribution in [3.8, 4) is 0 Å². The van der Waals surface area contributed by atoms with Crippen molar-refractivity contribution in [3.63, 3.8) is 0 Å². The molecule has 0 amide bonds. The molecule has 0 saturated carbocycles. The Labute approximate surface area is 114 Å². The molecule has 0 radical (unpaired) electrons. The number of hydrogen-bond donors (Lipinski definition) is 1. The van der Waals surface area contributed by atoms with Gasteiger partial charge in [-0.15, -0.1) is 0 Å². The maximum absolute atomic E-state index is 4.32. The summed E-state index contributed by atoms with van der Waals surface area (Å²) >= 11 is 0. The Hall–Kier alpha value is -1.90. The number of aryl methyl sites for hydroxylation is 2. The largest absolute Gasteiger partial charge is 0.384 e. The first-order valence-electron chi connectivity index (χ1n) is 6.77. The van der Waals surface area contributed by atoms with Crippen molar-refractivity contribution in [2.75, 3.05) is 11.9 Å². The molecule has 0 bridgehead atoms. The second-order valence-corrected chi connectivity index (χ2v) is 5.81. The predicted octanol–water partition coefficient (Wildman–Crippen LogP) is 2.96. The lowest BCUT2D eigenvalue weighted by Crippen LogP contribution is -2.19. The quantitative estimate of drug-likeness (QED) is 0.914. The van der Waals surface area contributed by atoms with E-state index in [0.717, 1.165) is 25.1 Å². The summed E-state index contributed by atoms with van der Waals surface area (Å²) in [5.41, 5.74) is 5.39. The molecule has 0 saturated heterocycles. The third kappa shape index (κ3) is 2.46. The van der Waals surface area contributed by atoms with Gasteiger partial charge in [-0.05, 0) is 30.0 Å². The Morgan fingerprint density at radius 3 is 2.89 bits per heavy atom. The number of fused-ring (bicyclic) bond motifs is 1. The highest BCUT2D eigenvalue weighted by atomic mass is 14.9. The zero-order valence-corrected chi connectivity index (χ0v) is 11.5. The molecular weight excluding hydrogens is 234 g/mol. The Morgan fingerprint density at radius 1 is 1.21 bits per heavy atom. The topological polar surface area (TPSA) is 37.8 Å². The predicted molar refractivity (Wildman–Crippen MR) is 77.4 cm³/mol. The van der Waals surface area contributed by atoms with E-state index < -0.39 is 0 Å². The van der Waals surface area contributed by atoms with E-state index in [1.807, 2.05) is 6.20 Å². The molecule has 0 atom stereocenters. The number of nitrogens with zero attached hydrogens (tertiary/aromatic N) is 2. The van der Waals surface area contributed by atoms with Crippen molar-refractivity contribution in [1.29, 1.82) is 0 Å². The SMILES string of the molecule is CC1(C)CNc2ccc(CCc3cnccn3)cc21. The third-order valence-corrected chi connectivity index (χ3v) is 3.82. The molecule has 1 aromatic heterocycles. The fourth-order valence-electron chi connectivity index (χ4n) is 2.60. The molecule has 1 aliphatic heterocycles. The summed E-state index contributed by atoms with van der Waals surface area (Å²) < 4.78 is 0. The normalized spacial score (nSPS) is 15.9. The van der Waals surface area contributed by atoms with Gasteiger partial charge in [0.25, 0.3) is 0 Å². The molecule has 2 aromatic rings. The highest BCUT2D eigenvalue weighted by Crippen LogP contribution is 2.36. The standard InChI is InChI=1S/C16H19N3/c1-16(2)11-19-15-6-4-12(9-14(15)16)3-5-13-10-17-7-8-18-13/h4,6-10,19H,3,5,11H2,1-2H3. The van der Waals surface area contributed by atoms with Crippen LogP contribution >= 0.6 is 0 Å². The highest BCUT2D eigenvalue weighted by Gasteiger charge is 2.29. The van der Waals surface area contributed by atoms with Crippen molar-refractivity contribution in [1.82, 2.24) is 9.97 Å². The maximum Gasteiger partial charge on any atom is 0.0589 e. The molecule has 2 heterocycles. The Balaban J connectivity index is 1.77. The number of aromatic nitrogens is 2. The van der Waals surface area contributed by atoms with E-state index in [1.165, 1.54) is 16.8 Å². The second-order valence-electron chi connectivity index (χ2n) is 5.81. The van der Waals surface area contributed by atoms with Crippen LogP contribution in [0.2, 0.25) is 0 Å². The van der Waals surface area contributed by atoms with E-state index in [2.05, 4.69) is 47.3 Å². The van der Waals surface area contributed by atoms with Gasteiger partial charge in [0.2, 0.25) is 0 Å². The molecular formula is C16H19N3. The molecule has 3 heteroatoms. The summed E-state index contributed by atoms with van der Waals surface area (Å²) in [6, 6.07) is 6.76. The number of hydrogen-bond acceptors (Lipinski definition) is 3. The van der Waals surface area contributed by atoms with Gasteiger partial charge in [-0.1, -0.05) is 26.0 Å².